The Morgan fingerprint density at radius 3 is 2.88 bits per heavy atom. The van der Waals surface area contributed by atoms with E-state index in [-0.39, 0.29) is 23.5 Å². The number of nitrogens with zero attached hydrogens (tertiary/aromatic N) is 1. The highest BCUT2D eigenvalue weighted by Gasteiger charge is 2.55. The molecular formula is C16H20F2N2O3S. The molecule has 0 radical (unpaired) electrons. The van der Waals surface area contributed by atoms with E-state index in [4.69, 9.17) is 15.2 Å². The van der Waals surface area contributed by atoms with E-state index in [1.807, 2.05) is 0 Å². The van der Waals surface area contributed by atoms with Crippen LogP contribution in [-0.2, 0) is 10.3 Å². The third-order valence-corrected chi connectivity index (χ3v) is 5.87. The Balaban J connectivity index is 2.11. The highest BCUT2D eigenvalue weighted by molar-refractivity contribution is 7.99. The van der Waals surface area contributed by atoms with Crippen molar-refractivity contribution >= 4 is 18.5 Å². The van der Waals surface area contributed by atoms with E-state index >= 15 is 0 Å². The first kappa shape index (κ1) is 17.4. The van der Waals surface area contributed by atoms with E-state index in [1.165, 1.54) is 6.07 Å². The lowest BCUT2D eigenvalue weighted by Gasteiger charge is -2.49. The lowest BCUT2D eigenvalue weighted by atomic mass is 9.65. The highest BCUT2D eigenvalue weighted by atomic mass is 32.2. The number of hydrogen-bond donors (Lipinski definition) is 1. The maximum atomic E-state index is 13.6. The van der Waals surface area contributed by atoms with Crippen molar-refractivity contribution < 1.29 is 23.0 Å². The maximum absolute atomic E-state index is 13.6. The Morgan fingerprint density at radius 1 is 1.38 bits per heavy atom. The van der Waals surface area contributed by atoms with Crippen LogP contribution < -0.4 is 15.2 Å². The minimum Gasteiger partial charge on any atom is -0.395 e. The first-order valence-electron chi connectivity index (χ1n) is 7.60. The van der Waals surface area contributed by atoms with Crippen LogP contribution >= 0.6 is 11.8 Å². The third-order valence-electron chi connectivity index (χ3n) is 4.79. The third kappa shape index (κ3) is 2.66. The Morgan fingerprint density at radius 2 is 2.17 bits per heavy atom. The van der Waals surface area contributed by atoms with Gasteiger partial charge in [-0.3, -0.25) is 4.99 Å². The van der Waals surface area contributed by atoms with Crippen LogP contribution in [0.4, 0.5) is 8.78 Å². The Labute approximate surface area is 143 Å². The summed E-state index contributed by atoms with van der Waals surface area (Å²) in [5.41, 5.74) is 4.87. The summed E-state index contributed by atoms with van der Waals surface area (Å²) >= 11 is 1.57. The number of thioether (sulfide) groups is 1. The Bertz CT molecular complexity index is 646. The molecular weight excluding hydrogens is 338 g/mol. The van der Waals surface area contributed by atoms with E-state index < -0.39 is 11.8 Å². The summed E-state index contributed by atoms with van der Waals surface area (Å²) < 4.78 is 42.1. The van der Waals surface area contributed by atoms with Crippen LogP contribution in [0.2, 0.25) is 0 Å². The second-order valence-electron chi connectivity index (χ2n) is 6.20. The monoisotopic (exact) mass is 358 g/mol. The van der Waals surface area contributed by atoms with Crippen LogP contribution in [0.15, 0.2) is 23.2 Å². The molecule has 1 aromatic rings. The van der Waals surface area contributed by atoms with Gasteiger partial charge in [0, 0.05) is 29.2 Å². The molecule has 2 heterocycles. The summed E-state index contributed by atoms with van der Waals surface area (Å²) in [4.78, 5) is 4.37. The number of para-hydroxylation sites is 1. The second-order valence-corrected chi connectivity index (χ2v) is 7.23. The summed E-state index contributed by atoms with van der Waals surface area (Å²) in [5, 5.41) is 0. The van der Waals surface area contributed by atoms with E-state index in [0.29, 0.717) is 30.2 Å². The van der Waals surface area contributed by atoms with Crippen LogP contribution in [-0.4, -0.2) is 37.9 Å². The second kappa shape index (κ2) is 6.16. The van der Waals surface area contributed by atoms with Gasteiger partial charge in [0.2, 0.25) is 0 Å². The van der Waals surface area contributed by atoms with Crippen molar-refractivity contribution in [3.63, 3.8) is 0 Å². The van der Waals surface area contributed by atoms with Crippen molar-refractivity contribution in [1.82, 2.24) is 0 Å². The smallest absolute Gasteiger partial charge is 0.395 e. The fourth-order valence-corrected chi connectivity index (χ4v) is 4.34. The highest BCUT2D eigenvalue weighted by Crippen LogP contribution is 2.56. The lowest BCUT2D eigenvalue weighted by Crippen LogP contribution is -2.51. The number of rotatable bonds is 5. The number of halogens is 2. The summed E-state index contributed by atoms with van der Waals surface area (Å²) in [6.45, 7) is 6.61. The van der Waals surface area contributed by atoms with Gasteiger partial charge in [-0.2, -0.15) is 0 Å². The van der Waals surface area contributed by atoms with Crippen molar-refractivity contribution in [3.8, 4) is 11.5 Å². The minimum absolute atomic E-state index is 0.0000682. The molecule has 2 aliphatic heterocycles. The molecule has 5 nitrogen and oxygen atoms in total. The predicted octanol–water partition coefficient (Wildman–Crippen LogP) is 2.98. The number of benzene rings is 1. The predicted molar refractivity (Wildman–Crippen MR) is 88.9 cm³/mol. The molecule has 0 amide bonds. The molecule has 0 aromatic heterocycles. The van der Waals surface area contributed by atoms with Crippen molar-refractivity contribution in [1.29, 1.82) is 0 Å². The van der Waals surface area contributed by atoms with Crippen molar-refractivity contribution in [2.24, 2.45) is 16.1 Å². The molecule has 2 unspecified atom stereocenters. The van der Waals surface area contributed by atoms with Crippen LogP contribution in [0.1, 0.15) is 18.9 Å². The van der Waals surface area contributed by atoms with Gasteiger partial charge in [-0.05, 0) is 19.2 Å². The van der Waals surface area contributed by atoms with Gasteiger partial charge in [0.1, 0.15) is 5.54 Å². The molecule has 2 atom stereocenters. The van der Waals surface area contributed by atoms with Crippen molar-refractivity contribution in [2.75, 3.05) is 24.8 Å². The summed E-state index contributed by atoms with van der Waals surface area (Å²) in [7, 11) is 0. The van der Waals surface area contributed by atoms with Gasteiger partial charge in [0.25, 0.3) is 0 Å². The van der Waals surface area contributed by atoms with Crippen molar-refractivity contribution in [3.05, 3.63) is 23.8 Å². The van der Waals surface area contributed by atoms with Crippen LogP contribution in [0, 0.1) is 5.41 Å². The Kier molecular flexibility index (Phi) is 4.48. The van der Waals surface area contributed by atoms with Gasteiger partial charge in [-0.25, -0.2) is 0 Å². The van der Waals surface area contributed by atoms with E-state index in [2.05, 4.69) is 23.4 Å². The molecule has 3 rings (SSSR count). The van der Waals surface area contributed by atoms with Gasteiger partial charge in [0.05, 0.1) is 6.61 Å². The first-order valence-corrected chi connectivity index (χ1v) is 8.76. The fraction of sp³-hybridized carbons (Fsp3) is 0.562. The number of fused-ring (bicyclic) bond motifs is 1. The number of alkyl halides is 2. The minimum atomic E-state index is -3.68. The van der Waals surface area contributed by atoms with Gasteiger partial charge >= 0.3 is 6.29 Å². The zero-order chi connectivity index (χ0) is 17.4. The van der Waals surface area contributed by atoms with Crippen LogP contribution in [0.3, 0.4) is 0 Å². The van der Waals surface area contributed by atoms with Gasteiger partial charge in [-0.15, -0.1) is 20.5 Å². The van der Waals surface area contributed by atoms with E-state index in [9.17, 15) is 8.78 Å². The van der Waals surface area contributed by atoms with Gasteiger partial charge < -0.3 is 19.9 Å². The van der Waals surface area contributed by atoms with Crippen molar-refractivity contribution in [2.45, 2.75) is 25.2 Å². The lowest BCUT2D eigenvalue weighted by molar-refractivity contribution is -0.287. The molecule has 0 aliphatic carbocycles. The summed E-state index contributed by atoms with van der Waals surface area (Å²) in [6, 6.07) is 4.82. The van der Waals surface area contributed by atoms with Gasteiger partial charge in [0.15, 0.2) is 11.5 Å². The molecule has 2 aliphatic rings. The molecule has 24 heavy (non-hydrogen) atoms. The summed E-state index contributed by atoms with van der Waals surface area (Å²) in [6.07, 6.45) is -2.97. The topological polar surface area (TPSA) is 66.1 Å². The maximum Gasteiger partial charge on any atom is 0.586 e. The molecule has 8 heteroatoms. The number of nitrogens with two attached hydrogens (primary N) is 1. The number of aliphatic imine (C=N–C) groups is 1. The molecule has 0 bridgehead atoms. The number of ether oxygens (including phenoxy) is 3. The Hall–Kier alpha value is -1.38. The molecule has 1 fully saturated rings. The molecule has 0 spiro atoms. The average molecular weight is 358 g/mol. The zero-order valence-electron chi connectivity index (χ0n) is 13.4. The molecule has 0 saturated carbocycles. The van der Waals surface area contributed by atoms with E-state index in [0.717, 1.165) is 0 Å². The first-order chi connectivity index (χ1) is 11.4. The van der Waals surface area contributed by atoms with Gasteiger partial charge in [-0.1, -0.05) is 19.1 Å². The van der Waals surface area contributed by atoms with E-state index in [1.54, 1.807) is 23.9 Å². The molecule has 132 valence electrons. The molecule has 2 N–H and O–H groups in total. The molecule has 1 saturated heterocycles. The molecule has 1 aromatic carbocycles. The average Bonchev–Trinajstić information content (AvgIpc) is 2.87. The van der Waals surface area contributed by atoms with Crippen LogP contribution in [0.5, 0.6) is 11.5 Å². The zero-order valence-corrected chi connectivity index (χ0v) is 14.2. The number of hydrogen-bond acceptors (Lipinski definition) is 6. The SMILES string of the molecule is C=NC1(c2cccc3c2OC(F)(F)O3)COCCC1(C)CSCN. The fourth-order valence-electron chi connectivity index (χ4n) is 3.39. The summed E-state index contributed by atoms with van der Waals surface area (Å²) in [5.74, 6) is 1.17. The normalized spacial score (nSPS) is 31.0. The quantitative estimate of drug-likeness (QED) is 0.647. The standard InChI is InChI=1S/C16H20F2N2O3S/c1-14(9-24-10-19)6-7-21-8-15(14,20-2)11-4-3-5-12-13(11)23-16(17,18)22-12/h3-5H,2,6-10,19H2,1H3. The largest absolute Gasteiger partial charge is 0.586 e. The van der Waals surface area contributed by atoms with Crippen LogP contribution in [0.25, 0.3) is 0 Å².